The molecule has 90 valence electrons. The summed E-state index contributed by atoms with van der Waals surface area (Å²) in [4.78, 5) is 2.18. The second-order valence-corrected chi connectivity index (χ2v) is 4.62. The molecule has 0 spiro atoms. The molecule has 1 rings (SSSR count). The Balaban J connectivity index is 2.65. The van der Waals surface area contributed by atoms with Crippen molar-refractivity contribution < 1.29 is 5.11 Å². The lowest BCUT2D eigenvalue weighted by Gasteiger charge is -2.11. The maximum absolute atomic E-state index is 9.73. The van der Waals surface area contributed by atoms with Gasteiger partial charge in [0.1, 0.15) is 5.75 Å². The Morgan fingerprint density at radius 1 is 1.19 bits per heavy atom. The molecule has 0 unspecified atom stereocenters. The predicted octanol–water partition coefficient (Wildman–Crippen LogP) is 2.84. The van der Waals surface area contributed by atoms with E-state index in [-0.39, 0.29) is 0 Å². The van der Waals surface area contributed by atoms with E-state index >= 15 is 0 Å². The van der Waals surface area contributed by atoms with Crippen molar-refractivity contribution in [2.24, 2.45) is 0 Å². The molecule has 0 aliphatic rings. The van der Waals surface area contributed by atoms with E-state index in [4.69, 9.17) is 0 Å². The van der Waals surface area contributed by atoms with Gasteiger partial charge in [-0.15, -0.1) is 0 Å². The van der Waals surface area contributed by atoms with Gasteiger partial charge in [0.2, 0.25) is 0 Å². The summed E-state index contributed by atoms with van der Waals surface area (Å²) in [7, 11) is 4.16. The number of unbranched alkanes of at least 4 members (excludes halogenated alkanes) is 1. The van der Waals surface area contributed by atoms with Gasteiger partial charge in [0, 0.05) is 6.54 Å². The number of hydrogen-bond acceptors (Lipinski definition) is 2. The fourth-order valence-electron chi connectivity index (χ4n) is 1.71. The molecule has 0 bridgehead atoms. The minimum Gasteiger partial charge on any atom is -0.508 e. The van der Waals surface area contributed by atoms with Crippen molar-refractivity contribution in [2.45, 2.75) is 32.6 Å². The van der Waals surface area contributed by atoms with Crippen LogP contribution >= 0.6 is 0 Å². The summed E-state index contributed by atoms with van der Waals surface area (Å²) in [5, 5.41) is 9.73. The van der Waals surface area contributed by atoms with Crippen LogP contribution in [0.3, 0.4) is 0 Å². The number of likely N-dealkylation sites (N-methyl/N-ethyl adjacent to an activating group) is 1. The molecule has 0 heterocycles. The van der Waals surface area contributed by atoms with Crippen LogP contribution in [0.4, 0.5) is 0 Å². The first-order valence-corrected chi connectivity index (χ1v) is 6.09. The number of aromatic hydroxyl groups is 1. The molecule has 0 atom stereocenters. The molecule has 2 nitrogen and oxygen atoms in total. The minimum atomic E-state index is 0.446. The summed E-state index contributed by atoms with van der Waals surface area (Å²) in [5.74, 6) is 0.446. The number of nitrogens with zero attached hydrogens (tertiary/aromatic N) is 1. The van der Waals surface area contributed by atoms with Gasteiger partial charge < -0.3 is 10.0 Å². The molecule has 0 aliphatic heterocycles. The maximum Gasteiger partial charge on any atom is 0.118 e. The zero-order valence-corrected chi connectivity index (χ0v) is 10.7. The van der Waals surface area contributed by atoms with Crippen molar-refractivity contribution in [3.05, 3.63) is 29.3 Å². The number of rotatable bonds is 6. The lowest BCUT2D eigenvalue weighted by Crippen LogP contribution is -2.15. The molecule has 0 amide bonds. The van der Waals surface area contributed by atoms with E-state index in [2.05, 4.69) is 32.0 Å². The van der Waals surface area contributed by atoms with Crippen LogP contribution in [0, 0.1) is 0 Å². The number of phenols is 1. The van der Waals surface area contributed by atoms with Crippen LogP contribution in [0.25, 0.3) is 0 Å². The van der Waals surface area contributed by atoms with Gasteiger partial charge >= 0.3 is 0 Å². The lowest BCUT2D eigenvalue weighted by molar-refractivity contribution is 0.413. The summed E-state index contributed by atoms with van der Waals surface area (Å²) in [5.41, 5.74) is 2.41. The molecule has 0 saturated heterocycles. The first-order chi connectivity index (χ1) is 7.63. The smallest absolute Gasteiger partial charge is 0.118 e. The van der Waals surface area contributed by atoms with Crippen LogP contribution in [0.1, 0.15) is 30.9 Å². The molecule has 2 heteroatoms. The zero-order chi connectivity index (χ0) is 12.0. The molecule has 1 aromatic carbocycles. The third-order valence-electron chi connectivity index (χ3n) is 2.79. The van der Waals surface area contributed by atoms with Crippen LogP contribution in [0.2, 0.25) is 0 Å². The normalized spacial score (nSPS) is 11.0. The second-order valence-electron chi connectivity index (χ2n) is 4.62. The van der Waals surface area contributed by atoms with Crippen molar-refractivity contribution in [1.82, 2.24) is 4.90 Å². The van der Waals surface area contributed by atoms with E-state index in [0.717, 1.165) is 31.4 Å². The summed E-state index contributed by atoms with van der Waals surface area (Å²) >= 11 is 0. The van der Waals surface area contributed by atoms with Crippen LogP contribution in [0.5, 0.6) is 5.75 Å². The van der Waals surface area contributed by atoms with Crippen LogP contribution in [0.15, 0.2) is 18.2 Å². The molecular weight excluding hydrogens is 198 g/mol. The van der Waals surface area contributed by atoms with E-state index in [0.29, 0.717) is 5.75 Å². The van der Waals surface area contributed by atoms with Gasteiger partial charge in [-0.2, -0.15) is 0 Å². The van der Waals surface area contributed by atoms with Gasteiger partial charge in [0.05, 0.1) is 0 Å². The molecule has 16 heavy (non-hydrogen) atoms. The number of phenolic OH excluding ortho intramolecular Hbond substituents is 1. The van der Waals surface area contributed by atoms with Gasteiger partial charge in [-0.3, -0.25) is 0 Å². The van der Waals surface area contributed by atoms with Crippen LogP contribution in [-0.2, 0) is 12.8 Å². The fourth-order valence-corrected chi connectivity index (χ4v) is 1.71. The topological polar surface area (TPSA) is 23.5 Å². The molecule has 0 fully saturated rings. The fraction of sp³-hybridized carbons (Fsp3) is 0.571. The third kappa shape index (κ3) is 4.23. The Bertz CT molecular complexity index is 321. The molecular formula is C14H23NO. The highest BCUT2D eigenvalue weighted by Crippen LogP contribution is 2.20. The average molecular weight is 221 g/mol. The summed E-state index contributed by atoms with van der Waals surface area (Å²) in [6.07, 6.45) is 4.34. The van der Waals surface area contributed by atoms with Gasteiger partial charge in [-0.1, -0.05) is 25.5 Å². The SMILES string of the molecule is CCCCc1cc(CCN(C)C)ccc1O. The molecule has 0 aromatic heterocycles. The van der Waals surface area contributed by atoms with E-state index in [1.807, 2.05) is 12.1 Å². The van der Waals surface area contributed by atoms with Gasteiger partial charge in [0.25, 0.3) is 0 Å². The van der Waals surface area contributed by atoms with Crippen molar-refractivity contribution >= 4 is 0 Å². The summed E-state index contributed by atoms with van der Waals surface area (Å²) in [6.45, 7) is 3.23. The Kier molecular flexibility index (Phi) is 5.33. The molecule has 0 saturated carbocycles. The summed E-state index contributed by atoms with van der Waals surface area (Å²) < 4.78 is 0. The average Bonchev–Trinajstić information content (AvgIpc) is 2.26. The molecule has 0 radical (unpaired) electrons. The highest BCUT2D eigenvalue weighted by Gasteiger charge is 2.03. The monoisotopic (exact) mass is 221 g/mol. The van der Waals surface area contributed by atoms with Crippen molar-refractivity contribution in [1.29, 1.82) is 0 Å². The quantitative estimate of drug-likeness (QED) is 0.798. The van der Waals surface area contributed by atoms with E-state index in [1.54, 1.807) is 0 Å². The van der Waals surface area contributed by atoms with Gasteiger partial charge in [0.15, 0.2) is 0 Å². The maximum atomic E-state index is 9.73. The van der Waals surface area contributed by atoms with E-state index < -0.39 is 0 Å². The zero-order valence-electron chi connectivity index (χ0n) is 10.7. The number of aryl methyl sites for hydroxylation is 1. The minimum absolute atomic E-state index is 0.446. The Hall–Kier alpha value is -1.02. The summed E-state index contributed by atoms with van der Waals surface area (Å²) in [6, 6.07) is 6.00. The predicted molar refractivity (Wildman–Crippen MR) is 69.0 cm³/mol. The van der Waals surface area contributed by atoms with Crippen molar-refractivity contribution in [2.75, 3.05) is 20.6 Å². The first kappa shape index (κ1) is 13.0. The first-order valence-electron chi connectivity index (χ1n) is 6.09. The van der Waals surface area contributed by atoms with Crippen LogP contribution in [-0.4, -0.2) is 30.6 Å². The lowest BCUT2D eigenvalue weighted by atomic mass is 10.0. The van der Waals surface area contributed by atoms with Crippen molar-refractivity contribution in [3.63, 3.8) is 0 Å². The van der Waals surface area contributed by atoms with E-state index in [9.17, 15) is 5.11 Å². The van der Waals surface area contributed by atoms with Gasteiger partial charge in [-0.05, 0) is 50.6 Å². The van der Waals surface area contributed by atoms with Crippen LogP contribution < -0.4 is 0 Å². The molecule has 1 N–H and O–H groups in total. The second kappa shape index (κ2) is 6.54. The van der Waals surface area contributed by atoms with Gasteiger partial charge in [-0.25, -0.2) is 0 Å². The number of hydrogen-bond donors (Lipinski definition) is 1. The molecule has 1 aromatic rings. The highest BCUT2D eigenvalue weighted by atomic mass is 16.3. The largest absolute Gasteiger partial charge is 0.508 e. The Morgan fingerprint density at radius 2 is 1.94 bits per heavy atom. The third-order valence-corrected chi connectivity index (χ3v) is 2.79. The Labute approximate surface area is 98.9 Å². The standard InChI is InChI=1S/C14H23NO/c1-4-5-6-13-11-12(7-8-14(13)16)9-10-15(2)3/h7-8,11,16H,4-6,9-10H2,1-3H3. The van der Waals surface area contributed by atoms with E-state index in [1.165, 1.54) is 12.0 Å². The molecule has 0 aliphatic carbocycles. The Morgan fingerprint density at radius 3 is 2.56 bits per heavy atom. The highest BCUT2D eigenvalue weighted by molar-refractivity contribution is 5.36. The van der Waals surface area contributed by atoms with Crippen molar-refractivity contribution in [3.8, 4) is 5.75 Å². The number of benzene rings is 1.